The van der Waals surface area contributed by atoms with E-state index in [4.69, 9.17) is 5.73 Å². The molecule has 0 saturated carbocycles. The van der Waals surface area contributed by atoms with Gasteiger partial charge in [-0.05, 0) is 43.0 Å². The summed E-state index contributed by atoms with van der Waals surface area (Å²) in [5.41, 5.74) is 4.97. The summed E-state index contributed by atoms with van der Waals surface area (Å²) in [4.78, 5) is 26.2. The third kappa shape index (κ3) is 5.20. The molecule has 3 N–H and O–H groups in total. The van der Waals surface area contributed by atoms with Crippen LogP contribution in [-0.4, -0.2) is 29.8 Å². The average molecular weight is 371 g/mol. The van der Waals surface area contributed by atoms with Gasteiger partial charge in [-0.3, -0.25) is 9.59 Å². The SMILES string of the molecule is CCCC(=O)N1CCCC(C(=O)Nc2cc(CN)cc(C(F)(F)F)c2)C1. The lowest BCUT2D eigenvalue weighted by Crippen LogP contribution is -2.43. The van der Waals surface area contributed by atoms with Gasteiger partial charge in [0.15, 0.2) is 0 Å². The Morgan fingerprint density at radius 2 is 2.04 bits per heavy atom. The number of halogens is 3. The van der Waals surface area contributed by atoms with Crippen LogP contribution in [0.2, 0.25) is 0 Å². The van der Waals surface area contributed by atoms with Gasteiger partial charge in [-0.25, -0.2) is 0 Å². The highest BCUT2D eigenvalue weighted by Gasteiger charge is 2.32. The Morgan fingerprint density at radius 3 is 2.65 bits per heavy atom. The Kier molecular flexibility index (Phi) is 6.63. The number of anilines is 1. The molecule has 1 heterocycles. The molecule has 26 heavy (non-hydrogen) atoms. The number of rotatable bonds is 5. The monoisotopic (exact) mass is 371 g/mol. The molecule has 1 atom stereocenters. The molecule has 0 bridgehead atoms. The second kappa shape index (κ2) is 8.53. The van der Waals surface area contributed by atoms with E-state index in [9.17, 15) is 22.8 Å². The van der Waals surface area contributed by atoms with Gasteiger partial charge in [-0.2, -0.15) is 13.2 Å². The number of nitrogens with one attached hydrogen (secondary N) is 1. The van der Waals surface area contributed by atoms with Gasteiger partial charge in [0, 0.05) is 31.7 Å². The number of alkyl halides is 3. The Labute approximate surface area is 150 Å². The van der Waals surface area contributed by atoms with Crippen molar-refractivity contribution in [2.45, 2.75) is 45.3 Å². The molecule has 2 rings (SSSR count). The summed E-state index contributed by atoms with van der Waals surface area (Å²) in [5, 5.41) is 2.56. The van der Waals surface area contributed by atoms with Gasteiger partial charge in [0.25, 0.3) is 0 Å². The second-order valence-corrected chi connectivity index (χ2v) is 6.54. The minimum Gasteiger partial charge on any atom is -0.342 e. The van der Waals surface area contributed by atoms with Crippen LogP contribution >= 0.6 is 0 Å². The number of nitrogens with zero attached hydrogens (tertiary/aromatic N) is 1. The molecule has 8 heteroatoms. The topological polar surface area (TPSA) is 75.4 Å². The van der Waals surface area contributed by atoms with E-state index in [-0.39, 0.29) is 24.0 Å². The number of hydrogen-bond donors (Lipinski definition) is 2. The fraction of sp³-hybridized carbons (Fsp3) is 0.556. The molecule has 1 fully saturated rings. The van der Waals surface area contributed by atoms with E-state index in [0.29, 0.717) is 37.9 Å². The standard InChI is InChI=1S/C18H24F3N3O2/c1-2-4-16(25)24-6-3-5-13(11-24)17(26)23-15-8-12(10-22)7-14(9-15)18(19,20)21/h7-9,13H,2-6,10-11,22H2,1H3,(H,23,26). The molecular weight excluding hydrogens is 347 g/mol. The average Bonchev–Trinajstić information content (AvgIpc) is 2.61. The molecule has 1 saturated heterocycles. The minimum absolute atomic E-state index is 0.00878. The lowest BCUT2D eigenvalue weighted by molar-refractivity contribution is -0.138. The van der Waals surface area contributed by atoms with Gasteiger partial charge in [-0.15, -0.1) is 0 Å². The highest BCUT2D eigenvalue weighted by Crippen LogP contribution is 2.32. The van der Waals surface area contributed by atoms with Gasteiger partial charge in [0.2, 0.25) is 11.8 Å². The van der Waals surface area contributed by atoms with Crippen molar-refractivity contribution < 1.29 is 22.8 Å². The van der Waals surface area contributed by atoms with Crippen LogP contribution in [0, 0.1) is 5.92 Å². The molecule has 1 aromatic rings. The summed E-state index contributed by atoms with van der Waals surface area (Å²) < 4.78 is 39.0. The number of carbonyl (C=O) groups excluding carboxylic acids is 2. The Bertz CT molecular complexity index is 662. The maximum Gasteiger partial charge on any atom is 0.416 e. The van der Waals surface area contributed by atoms with Gasteiger partial charge < -0.3 is 16.0 Å². The van der Waals surface area contributed by atoms with Crippen molar-refractivity contribution in [1.82, 2.24) is 4.90 Å². The van der Waals surface area contributed by atoms with E-state index >= 15 is 0 Å². The number of nitrogens with two attached hydrogens (primary N) is 1. The first kappa shape index (κ1) is 20.2. The minimum atomic E-state index is -4.52. The number of carbonyl (C=O) groups is 2. The van der Waals surface area contributed by atoms with Crippen LogP contribution in [0.4, 0.5) is 18.9 Å². The third-order valence-corrected chi connectivity index (χ3v) is 4.43. The Hall–Kier alpha value is -2.09. The van der Waals surface area contributed by atoms with Crippen molar-refractivity contribution in [2.75, 3.05) is 18.4 Å². The number of hydrogen-bond acceptors (Lipinski definition) is 3. The van der Waals surface area contributed by atoms with Crippen molar-refractivity contribution in [3.63, 3.8) is 0 Å². The predicted octanol–water partition coefficient (Wildman–Crippen LogP) is 3.14. The van der Waals surface area contributed by atoms with E-state index in [1.54, 1.807) is 4.90 Å². The molecule has 144 valence electrons. The second-order valence-electron chi connectivity index (χ2n) is 6.54. The summed E-state index contributed by atoms with van der Waals surface area (Å²) in [6, 6.07) is 3.32. The highest BCUT2D eigenvalue weighted by atomic mass is 19.4. The summed E-state index contributed by atoms with van der Waals surface area (Å²) in [6.45, 7) is 2.76. The van der Waals surface area contributed by atoms with Gasteiger partial charge in [0.1, 0.15) is 0 Å². The van der Waals surface area contributed by atoms with Crippen molar-refractivity contribution in [3.05, 3.63) is 29.3 Å². The number of benzene rings is 1. The number of piperidine rings is 1. The molecule has 0 radical (unpaired) electrons. The first-order valence-electron chi connectivity index (χ1n) is 8.74. The van der Waals surface area contributed by atoms with Gasteiger partial charge in [0.05, 0.1) is 11.5 Å². The molecule has 1 aromatic carbocycles. The number of likely N-dealkylation sites (tertiary alicyclic amines) is 1. The summed E-state index contributed by atoms with van der Waals surface area (Å²) in [7, 11) is 0. The van der Waals surface area contributed by atoms with Crippen LogP contribution in [-0.2, 0) is 22.3 Å². The van der Waals surface area contributed by atoms with Crippen LogP contribution in [0.3, 0.4) is 0 Å². The van der Waals surface area contributed by atoms with Crippen LogP contribution in [0.25, 0.3) is 0 Å². The lowest BCUT2D eigenvalue weighted by Gasteiger charge is -2.32. The van der Waals surface area contributed by atoms with Crippen LogP contribution in [0.1, 0.15) is 43.7 Å². The summed E-state index contributed by atoms with van der Waals surface area (Å²) in [5.74, 6) is -0.795. The van der Waals surface area contributed by atoms with Crippen LogP contribution < -0.4 is 11.1 Å². The van der Waals surface area contributed by atoms with Crippen molar-refractivity contribution >= 4 is 17.5 Å². The van der Waals surface area contributed by atoms with Gasteiger partial charge in [-0.1, -0.05) is 6.92 Å². The molecule has 1 aliphatic heterocycles. The summed E-state index contributed by atoms with van der Waals surface area (Å²) >= 11 is 0. The van der Waals surface area contributed by atoms with Crippen molar-refractivity contribution in [2.24, 2.45) is 11.7 Å². The molecule has 5 nitrogen and oxygen atoms in total. The zero-order chi connectivity index (χ0) is 19.3. The van der Waals surface area contributed by atoms with Crippen LogP contribution in [0.15, 0.2) is 18.2 Å². The molecule has 2 amide bonds. The van der Waals surface area contributed by atoms with Crippen molar-refractivity contribution in [1.29, 1.82) is 0 Å². The smallest absolute Gasteiger partial charge is 0.342 e. The van der Waals surface area contributed by atoms with Crippen LogP contribution in [0.5, 0.6) is 0 Å². The molecule has 0 spiro atoms. The quantitative estimate of drug-likeness (QED) is 0.835. The number of amides is 2. The molecule has 0 aliphatic carbocycles. The molecular formula is C18H24F3N3O2. The van der Waals surface area contributed by atoms with E-state index in [1.165, 1.54) is 6.07 Å². The zero-order valence-electron chi connectivity index (χ0n) is 14.7. The van der Waals surface area contributed by atoms with E-state index < -0.39 is 17.7 Å². The Balaban J connectivity index is 2.10. The maximum absolute atomic E-state index is 13.0. The van der Waals surface area contributed by atoms with E-state index in [2.05, 4.69) is 5.32 Å². The first-order chi connectivity index (χ1) is 12.2. The fourth-order valence-corrected chi connectivity index (χ4v) is 3.08. The maximum atomic E-state index is 13.0. The molecule has 1 aliphatic rings. The lowest BCUT2D eigenvalue weighted by atomic mass is 9.96. The van der Waals surface area contributed by atoms with E-state index in [0.717, 1.165) is 18.6 Å². The van der Waals surface area contributed by atoms with Crippen molar-refractivity contribution in [3.8, 4) is 0 Å². The zero-order valence-corrected chi connectivity index (χ0v) is 14.7. The largest absolute Gasteiger partial charge is 0.416 e. The highest BCUT2D eigenvalue weighted by molar-refractivity contribution is 5.93. The predicted molar refractivity (Wildman–Crippen MR) is 92.2 cm³/mol. The Morgan fingerprint density at radius 1 is 1.31 bits per heavy atom. The normalized spacial score (nSPS) is 17.9. The molecule has 0 aromatic heterocycles. The third-order valence-electron chi connectivity index (χ3n) is 4.43. The fourth-order valence-electron chi connectivity index (χ4n) is 3.08. The first-order valence-corrected chi connectivity index (χ1v) is 8.74. The van der Waals surface area contributed by atoms with Gasteiger partial charge >= 0.3 is 6.18 Å². The summed E-state index contributed by atoms with van der Waals surface area (Å²) in [6.07, 6.45) is -2.05. The van der Waals surface area contributed by atoms with E-state index in [1.807, 2.05) is 6.92 Å². The molecule has 1 unspecified atom stereocenters.